The second-order valence-electron chi connectivity index (χ2n) is 5.46. The summed E-state index contributed by atoms with van der Waals surface area (Å²) < 4.78 is 3.42. The number of fused-ring (bicyclic) bond motifs is 1. The van der Waals surface area contributed by atoms with Crippen molar-refractivity contribution in [1.29, 1.82) is 0 Å². The largest absolute Gasteiger partial charge is 0.321 e. The highest BCUT2D eigenvalue weighted by Gasteiger charge is 2.10. The summed E-state index contributed by atoms with van der Waals surface area (Å²) in [6, 6.07) is 17.3. The quantitative estimate of drug-likeness (QED) is 0.632. The summed E-state index contributed by atoms with van der Waals surface area (Å²) in [5, 5.41) is 12.4. The monoisotopic (exact) mass is 317 g/mol. The van der Waals surface area contributed by atoms with Crippen molar-refractivity contribution in [3.05, 3.63) is 72.7 Å². The van der Waals surface area contributed by atoms with Crippen LogP contribution in [0.5, 0.6) is 0 Å². The number of amides is 1. The third-order valence-electron chi connectivity index (χ3n) is 3.90. The molecule has 0 radical (unpaired) electrons. The first-order valence-corrected chi connectivity index (χ1v) is 7.55. The SMILES string of the molecule is Cn1nccc1C(=O)Nc1ccc(-n2ncc3ccccc32)cc1. The van der Waals surface area contributed by atoms with Crippen LogP contribution in [0.3, 0.4) is 0 Å². The predicted molar refractivity (Wildman–Crippen MR) is 92.2 cm³/mol. The van der Waals surface area contributed by atoms with Crippen LogP contribution in [0.25, 0.3) is 16.6 Å². The molecular weight excluding hydrogens is 302 g/mol. The van der Waals surface area contributed by atoms with Crippen LogP contribution in [-0.2, 0) is 7.05 Å². The number of carbonyl (C=O) groups is 1. The van der Waals surface area contributed by atoms with E-state index in [4.69, 9.17) is 0 Å². The number of para-hydroxylation sites is 1. The molecule has 4 rings (SSSR count). The summed E-state index contributed by atoms with van der Waals surface area (Å²) in [7, 11) is 1.74. The second-order valence-corrected chi connectivity index (χ2v) is 5.46. The molecule has 0 spiro atoms. The number of nitrogens with zero attached hydrogens (tertiary/aromatic N) is 4. The number of hydrogen-bond acceptors (Lipinski definition) is 3. The maximum absolute atomic E-state index is 12.2. The van der Waals surface area contributed by atoms with Gasteiger partial charge >= 0.3 is 0 Å². The third kappa shape index (κ3) is 2.44. The zero-order valence-electron chi connectivity index (χ0n) is 13.0. The fourth-order valence-electron chi connectivity index (χ4n) is 2.66. The van der Waals surface area contributed by atoms with Crippen LogP contribution in [-0.4, -0.2) is 25.5 Å². The van der Waals surface area contributed by atoms with Gasteiger partial charge in [0.05, 0.1) is 17.4 Å². The molecule has 4 aromatic rings. The number of hydrogen-bond donors (Lipinski definition) is 1. The van der Waals surface area contributed by atoms with E-state index in [2.05, 4.69) is 15.5 Å². The number of nitrogens with one attached hydrogen (secondary N) is 1. The van der Waals surface area contributed by atoms with Crippen LogP contribution in [0, 0.1) is 0 Å². The summed E-state index contributed by atoms with van der Waals surface area (Å²) in [6.07, 6.45) is 3.44. The van der Waals surface area contributed by atoms with E-state index in [1.165, 1.54) is 0 Å². The molecule has 2 aromatic carbocycles. The van der Waals surface area contributed by atoms with Gasteiger partial charge in [0.25, 0.3) is 5.91 Å². The van der Waals surface area contributed by atoms with Gasteiger partial charge in [-0.05, 0) is 36.4 Å². The van der Waals surface area contributed by atoms with Crippen molar-refractivity contribution < 1.29 is 4.79 Å². The van der Waals surface area contributed by atoms with Crippen molar-refractivity contribution in [2.45, 2.75) is 0 Å². The molecule has 0 saturated carbocycles. The second kappa shape index (κ2) is 5.66. The van der Waals surface area contributed by atoms with E-state index in [0.717, 1.165) is 22.3 Å². The summed E-state index contributed by atoms with van der Waals surface area (Å²) in [6.45, 7) is 0. The van der Waals surface area contributed by atoms with Crippen molar-refractivity contribution >= 4 is 22.5 Å². The summed E-state index contributed by atoms with van der Waals surface area (Å²) in [4.78, 5) is 12.2. The Balaban J connectivity index is 1.59. The summed E-state index contributed by atoms with van der Waals surface area (Å²) >= 11 is 0. The normalized spacial score (nSPS) is 10.9. The van der Waals surface area contributed by atoms with Crippen molar-refractivity contribution in [3.63, 3.8) is 0 Å². The van der Waals surface area contributed by atoms with Gasteiger partial charge < -0.3 is 5.32 Å². The van der Waals surface area contributed by atoms with Gasteiger partial charge in [0.15, 0.2) is 0 Å². The fraction of sp³-hybridized carbons (Fsp3) is 0.0556. The standard InChI is InChI=1S/C18H15N5O/c1-22-17(10-11-19-22)18(24)21-14-6-8-15(9-7-14)23-16-5-3-2-4-13(16)12-20-23/h2-12H,1H3,(H,21,24). The number of anilines is 1. The van der Waals surface area contributed by atoms with Crippen molar-refractivity contribution in [2.24, 2.45) is 7.05 Å². The van der Waals surface area contributed by atoms with E-state index < -0.39 is 0 Å². The molecule has 0 unspecified atom stereocenters. The molecule has 1 amide bonds. The summed E-state index contributed by atoms with van der Waals surface area (Å²) in [5.41, 5.74) is 3.22. The van der Waals surface area contributed by atoms with E-state index >= 15 is 0 Å². The maximum Gasteiger partial charge on any atom is 0.273 e. The molecule has 0 aliphatic rings. The lowest BCUT2D eigenvalue weighted by molar-refractivity contribution is 0.101. The molecular formula is C18H15N5O. The van der Waals surface area contributed by atoms with E-state index in [9.17, 15) is 4.79 Å². The summed E-state index contributed by atoms with van der Waals surface area (Å²) in [5.74, 6) is -0.188. The first-order chi connectivity index (χ1) is 11.7. The van der Waals surface area contributed by atoms with Gasteiger partial charge in [-0.2, -0.15) is 10.2 Å². The minimum Gasteiger partial charge on any atom is -0.321 e. The van der Waals surface area contributed by atoms with Crippen LogP contribution in [0.1, 0.15) is 10.5 Å². The number of aromatic nitrogens is 4. The molecule has 0 saturated heterocycles. The van der Waals surface area contributed by atoms with Crippen molar-refractivity contribution in [2.75, 3.05) is 5.32 Å². The Morgan fingerprint density at radius 2 is 1.79 bits per heavy atom. The van der Waals surface area contributed by atoms with Gasteiger partial charge in [-0.15, -0.1) is 0 Å². The third-order valence-corrected chi connectivity index (χ3v) is 3.90. The van der Waals surface area contributed by atoms with Crippen LogP contribution in [0.4, 0.5) is 5.69 Å². The Bertz CT molecular complexity index is 1010. The molecule has 0 bridgehead atoms. The highest BCUT2D eigenvalue weighted by atomic mass is 16.2. The molecule has 118 valence electrons. The van der Waals surface area contributed by atoms with Gasteiger partial charge in [0, 0.05) is 24.3 Å². The molecule has 2 aromatic heterocycles. The van der Waals surface area contributed by atoms with Crippen molar-refractivity contribution in [3.8, 4) is 5.69 Å². The maximum atomic E-state index is 12.2. The zero-order valence-corrected chi connectivity index (χ0v) is 13.0. The molecule has 6 heteroatoms. The molecule has 1 N–H and O–H groups in total. The fourth-order valence-corrected chi connectivity index (χ4v) is 2.66. The number of rotatable bonds is 3. The average molecular weight is 317 g/mol. The molecule has 2 heterocycles. The predicted octanol–water partition coefficient (Wildman–Crippen LogP) is 3.01. The first kappa shape index (κ1) is 14.2. The Kier molecular flexibility index (Phi) is 3.35. The van der Waals surface area contributed by atoms with Crippen LogP contribution < -0.4 is 5.32 Å². The first-order valence-electron chi connectivity index (χ1n) is 7.55. The van der Waals surface area contributed by atoms with Gasteiger partial charge in [-0.3, -0.25) is 9.48 Å². The molecule has 24 heavy (non-hydrogen) atoms. The van der Waals surface area contributed by atoms with Gasteiger partial charge in [0.2, 0.25) is 0 Å². The lowest BCUT2D eigenvalue weighted by Gasteiger charge is -2.07. The number of benzene rings is 2. The van der Waals surface area contributed by atoms with E-state index in [-0.39, 0.29) is 5.91 Å². The van der Waals surface area contributed by atoms with E-state index in [1.807, 2.05) is 59.4 Å². The highest BCUT2D eigenvalue weighted by molar-refractivity contribution is 6.03. The van der Waals surface area contributed by atoms with Gasteiger partial charge in [0.1, 0.15) is 5.69 Å². The lowest BCUT2D eigenvalue weighted by atomic mass is 10.2. The molecule has 0 aliphatic carbocycles. The highest BCUT2D eigenvalue weighted by Crippen LogP contribution is 2.19. The molecule has 0 atom stereocenters. The smallest absolute Gasteiger partial charge is 0.273 e. The van der Waals surface area contributed by atoms with Crippen LogP contribution >= 0.6 is 0 Å². The Hall–Kier alpha value is -3.41. The molecule has 0 aliphatic heterocycles. The zero-order chi connectivity index (χ0) is 16.5. The lowest BCUT2D eigenvalue weighted by Crippen LogP contribution is -2.16. The Morgan fingerprint density at radius 1 is 1.00 bits per heavy atom. The van der Waals surface area contributed by atoms with Crippen molar-refractivity contribution in [1.82, 2.24) is 19.6 Å². The van der Waals surface area contributed by atoms with E-state index in [1.54, 1.807) is 24.0 Å². The van der Waals surface area contributed by atoms with Crippen LogP contribution in [0.15, 0.2) is 67.0 Å². The topological polar surface area (TPSA) is 64.7 Å². The average Bonchev–Trinajstić information content (AvgIpc) is 3.22. The van der Waals surface area contributed by atoms with Gasteiger partial charge in [-0.25, -0.2) is 4.68 Å². The molecule has 6 nitrogen and oxygen atoms in total. The van der Waals surface area contributed by atoms with E-state index in [0.29, 0.717) is 5.69 Å². The Morgan fingerprint density at radius 3 is 2.54 bits per heavy atom. The number of aryl methyl sites for hydroxylation is 1. The van der Waals surface area contributed by atoms with Crippen LogP contribution in [0.2, 0.25) is 0 Å². The minimum absolute atomic E-state index is 0.188. The molecule has 0 fully saturated rings. The minimum atomic E-state index is -0.188. The van der Waals surface area contributed by atoms with Gasteiger partial charge in [-0.1, -0.05) is 18.2 Å². The Labute approximate surface area is 138 Å². The number of carbonyl (C=O) groups excluding carboxylic acids is 1.